The molecule has 0 spiro atoms. The molecule has 2 unspecified atom stereocenters. The Morgan fingerprint density at radius 3 is 2.53 bits per heavy atom. The van der Waals surface area contributed by atoms with Gasteiger partial charge in [-0.25, -0.2) is 8.42 Å². The number of benzene rings is 1. The summed E-state index contributed by atoms with van der Waals surface area (Å²) in [5.74, 6) is 0. The van der Waals surface area contributed by atoms with Gasteiger partial charge in [0.15, 0.2) is 9.84 Å². The molecule has 3 rings (SSSR count). The molecule has 1 fully saturated rings. The summed E-state index contributed by atoms with van der Waals surface area (Å²) in [4.78, 5) is 0. The van der Waals surface area contributed by atoms with Crippen molar-refractivity contribution in [1.82, 2.24) is 0 Å². The highest BCUT2D eigenvalue weighted by Gasteiger charge is 2.42. The number of rotatable bonds is 2. The van der Waals surface area contributed by atoms with Crippen LogP contribution in [-0.2, 0) is 21.0 Å². The van der Waals surface area contributed by atoms with E-state index in [9.17, 15) is 8.42 Å². The van der Waals surface area contributed by atoms with E-state index in [2.05, 4.69) is 0 Å². The minimum absolute atomic E-state index is 0.286. The van der Waals surface area contributed by atoms with Gasteiger partial charge < -0.3 is 10.5 Å². The topological polar surface area (TPSA) is 69.4 Å². The van der Waals surface area contributed by atoms with Crippen LogP contribution in [0.15, 0.2) is 24.3 Å². The summed E-state index contributed by atoms with van der Waals surface area (Å²) in [5.41, 5.74) is 8.24. The van der Waals surface area contributed by atoms with Crippen molar-refractivity contribution in [2.75, 3.05) is 13.2 Å². The molecule has 19 heavy (non-hydrogen) atoms. The first-order valence-corrected chi connectivity index (χ1v) is 8.35. The van der Waals surface area contributed by atoms with Crippen molar-refractivity contribution in [3.8, 4) is 0 Å². The molecule has 0 saturated carbocycles. The second-order valence-corrected chi connectivity index (χ2v) is 7.82. The van der Waals surface area contributed by atoms with Gasteiger partial charge in [-0.3, -0.25) is 0 Å². The van der Waals surface area contributed by atoms with Gasteiger partial charge in [-0.15, -0.1) is 0 Å². The van der Waals surface area contributed by atoms with Gasteiger partial charge >= 0.3 is 0 Å². The number of hydrogen-bond acceptors (Lipinski definition) is 4. The first-order valence-electron chi connectivity index (χ1n) is 6.74. The lowest BCUT2D eigenvalue weighted by atomic mass is 10.1. The van der Waals surface area contributed by atoms with E-state index < -0.39 is 15.1 Å². The van der Waals surface area contributed by atoms with Crippen LogP contribution in [0.1, 0.15) is 30.0 Å². The SMILES string of the molecule is NC1c2ccccc2CC1S(=O)(=O)C1CCOCC1. The van der Waals surface area contributed by atoms with E-state index in [-0.39, 0.29) is 11.3 Å². The fourth-order valence-electron chi connectivity index (χ4n) is 3.16. The number of sulfone groups is 1. The fraction of sp³-hybridized carbons (Fsp3) is 0.571. The third-order valence-corrected chi connectivity index (χ3v) is 7.00. The second-order valence-electron chi connectivity index (χ2n) is 5.37. The summed E-state index contributed by atoms with van der Waals surface area (Å²) in [7, 11) is -3.18. The summed E-state index contributed by atoms with van der Waals surface area (Å²) < 4.78 is 30.7. The highest BCUT2D eigenvalue weighted by molar-refractivity contribution is 7.92. The molecule has 1 saturated heterocycles. The Balaban J connectivity index is 1.88. The van der Waals surface area contributed by atoms with Gasteiger partial charge in [-0.05, 0) is 30.4 Å². The number of hydrogen-bond donors (Lipinski definition) is 1. The summed E-state index contributed by atoms with van der Waals surface area (Å²) in [6, 6.07) is 7.40. The van der Waals surface area contributed by atoms with Gasteiger partial charge in [0.25, 0.3) is 0 Å². The molecule has 4 nitrogen and oxygen atoms in total. The second kappa shape index (κ2) is 4.89. The molecule has 5 heteroatoms. The van der Waals surface area contributed by atoms with E-state index in [0.717, 1.165) is 11.1 Å². The largest absolute Gasteiger partial charge is 0.381 e. The van der Waals surface area contributed by atoms with E-state index in [1.807, 2.05) is 24.3 Å². The van der Waals surface area contributed by atoms with E-state index >= 15 is 0 Å². The van der Waals surface area contributed by atoms with Crippen LogP contribution in [-0.4, -0.2) is 32.1 Å². The van der Waals surface area contributed by atoms with Crippen molar-refractivity contribution in [3.05, 3.63) is 35.4 Å². The minimum Gasteiger partial charge on any atom is -0.381 e. The first kappa shape index (κ1) is 13.1. The van der Waals surface area contributed by atoms with Crippen LogP contribution >= 0.6 is 0 Å². The maximum absolute atomic E-state index is 12.7. The molecule has 1 heterocycles. The zero-order valence-corrected chi connectivity index (χ0v) is 11.6. The van der Waals surface area contributed by atoms with Crippen LogP contribution in [0.2, 0.25) is 0 Å². The molecule has 0 bridgehead atoms. The van der Waals surface area contributed by atoms with Crippen molar-refractivity contribution >= 4 is 9.84 Å². The first-order chi connectivity index (χ1) is 9.10. The van der Waals surface area contributed by atoms with E-state index in [1.165, 1.54) is 0 Å². The smallest absolute Gasteiger partial charge is 0.158 e. The molecular weight excluding hydrogens is 262 g/mol. The highest BCUT2D eigenvalue weighted by Crippen LogP contribution is 2.36. The van der Waals surface area contributed by atoms with Gasteiger partial charge in [0, 0.05) is 19.3 Å². The Hall–Kier alpha value is -0.910. The number of nitrogens with two attached hydrogens (primary N) is 1. The number of fused-ring (bicyclic) bond motifs is 1. The summed E-state index contributed by atoms with van der Waals surface area (Å²) >= 11 is 0. The molecule has 1 aliphatic heterocycles. The summed E-state index contributed by atoms with van der Waals surface area (Å²) in [5, 5.41) is -0.750. The van der Waals surface area contributed by atoms with Gasteiger partial charge in [0.2, 0.25) is 0 Å². The van der Waals surface area contributed by atoms with Crippen LogP contribution in [0.5, 0.6) is 0 Å². The number of ether oxygens (including phenoxy) is 1. The van der Waals surface area contributed by atoms with E-state index in [0.29, 0.717) is 32.5 Å². The van der Waals surface area contributed by atoms with E-state index in [4.69, 9.17) is 10.5 Å². The summed E-state index contributed by atoms with van der Waals surface area (Å²) in [6.07, 6.45) is 1.75. The lowest BCUT2D eigenvalue weighted by Crippen LogP contribution is -2.40. The molecular formula is C14H19NO3S. The third-order valence-electron chi connectivity index (χ3n) is 4.29. The molecule has 0 radical (unpaired) electrons. The van der Waals surface area contributed by atoms with Gasteiger partial charge in [-0.2, -0.15) is 0 Å². The molecule has 2 aliphatic rings. The lowest BCUT2D eigenvalue weighted by Gasteiger charge is -2.27. The quantitative estimate of drug-likeness (QED) is 0.884. The standard InChI is InChI=1S/C14H19NO3S/c15-14-12-4-2-1-3-10(12)9-13(14)19(16,17)11-5-7-18-8-6-11/h1-4,11,13-14H,5-9,15H2. The van der Waals surface area contributed by atoms with Crippen molar-refractivity contribution in [2.24, 2.45) is 5.73 Å². The minimum atomic E-state index is -3.18. The molecule has 2 atom stereocenters. The molecule has 1 aliphatic carbocycles. The molecule has 0 amide bonds. The van der Waals surface area contributed by atoms with Crippen molar-refractivity contribution in [2.45, 2.75) is 35.8 Å². The van der Waals surface area contributed by atoms with Gasteiger partial charge in [-0.1, -0.05) is 24.3 Å². The Bertz CT molecular complexity index is 564. The molecule has 0 aromatic heterocycles. The van der Waals surface area contributed by atoms with Crippen molar-refractivity contribution < 1.29 is 13.2 Å². The van der Waals surface area contributed by atoms with Gasteiger partial charge in [0.05, 0.1) is 10.5 Å². The van der Waals surface area contributed by atoms with Crippen LogP contribution in [0.3, 0.4) is 0 Å². The van der Waals surface area contributed by atoms with Crippen molar-refractivity contribution in [3.63, 3.8) is 0 Å². The normalized spacial score (nSPS) is 28.3. The average molecular weight is 281 g/mol. The molecule has 104 valence electrons. The van der Waals surface area contributed by atoms with E-state index in [1.54, 1.807) is 0 Å². The maximum Gasteiger partial charge on any atom is 0.158 e. The van der Waals surface area contributed by atoms with Crippen molar-refractivity contribution in [1.29, 1.82) is 0 Å². The predicted octanol–water partition coefficient (Wildman–Crippen LogP) is 1.20. The van der Waals surface area contributed by atoms with Crippen LogP contribution in [0, 0.1) is 0 Å². The average Bonchev–Trinajstić information content (AvgIpc) is 2.78. The maximum atomic E-state index is 12.7. The molecule has 1 aromatic rings. The third kappa shape index (κ3) is 2.20. The Morgan fingerprint density at radius 2 is 1.84 bits per heavy atom. The zero-order chi connectivity index (χ0) is 13.5. The molecule has 2 N–H and O–H groups in total. The Kier molecular flexibility index (Phi) is 3.37. The fourth-order valence-corrected chi connectivity index (χ4v) is 5.47. The summed E-state index contributed by atoms with van der Waals surface area (Å²) in [6.45, 7) is 1.08. The highest BCUT2D eigenvalue weighted by atomic mass is 32.2. The Morgan fingerprint density at radius 1 is 1.16 bits per heavy atom. The van der Waals surface area contributed by atoms with Gasteiger partial charge in [0.1, 0.15) is 0 Å². The Labute approximate surface area is 113 Å². The predicted molar refractivity (Wildman–Crippen MR) is 73.6 cm³/mol. The van der Waals surface area contributed by atoms with Crippen LogP contribution in [0.4, 0.5) is 0 Å². The van der Waals surface area contributed by atoms with Crippen LogP contribution in [0.25, 0.3) is 0 Å². The zero-order valence-electron chi connectivity index (χ0n) is 10.8. The monoisotopic (exact) mass is 281 g/mol. The lowest BCUT2D eigenvalue weighted by molar-refractivity contribution is 0.0981. The van der Waals surface area contributed by atoms with Crippen LogP contribution < -0.4 is 5.73 Å². The molecule has 1 aromatic carbocycles.